The monoisotopic (exact) mass is 486 g/mol. The van der Waals surface area contributed by atoms with Crippen LogP contribution in [-0.2, 0) is 6.42 Å². The molecule has 0 N–H and O–H groups in total. The van der Waals surface area contributed by atoms with Crippen molar-refractivity contribution in [2.75, 3.05) is 0 Å². The van der Waals surface area contributed by atoms with Gasteiger partial charge in [0.2, 0.25) is 0 Å². The van der Waals surface area contributed by atoms with Crippen molar-refractivity contribution in [2.24, 2.45) is 0 Å². The van der Waals surface area contributed by atoms with Crippen molar-refractivity contribution in [3.63, 3.8) is 0 Å². The predicted molar refractivity (Wildman–Crippen MR) is 120 cm³/mol. The maximum absolute atomic E-state index is 14.8. The standard InChI is InChI=1S/C28H17F7/c1-2-3-4-16-10-22(30)20(23(31)11-16)8-6-15-5-7-19(21(29)9-15)17-12-18-14-25(33)27(34)28(35)26(18)24(32)13-17/h5,7,9-14H,2-4H2,1H3. The molecule has 0 saturated carbocycles. The number of fused-ring (bicyclic) bond motifs is 1. The normalized spacial score (nSPS) is 11.0. The van der Waals surface area contributed by atoms with Crippen LogP contribution >= 0.6 is 0 Å². The molecular weight excluding hydrogens is 469 g/mol. The summed E-state index contributed by atoms with van der Waals surface area (Å²) in [6, 6.07) is 8.57. The molecule has 0 saturated heterocycles. The van der Waals surface area contributed by atoms with Crippen molar-refractivity contribution in [1.82, 2.24) is 0 Å². The summed E-state index contributed by atoms with van der Waals surface area (Å²) < 4.78 is 98.9. The van der Waals surface area contributed by atoms with Crippen molar-refractivity contribution >= 4 is 10.8 Å². The molecule has 0 aliphatic heterocycles. The summed E-state index contributed by atoms with van der Waals surface area (Å²) in [5.74, 6) is -3.78. The van der Waals surface area contributed by atoms with Crippen LogP contribution in [-0.4, -0.2) is 0 Å². The highest BCUT2D eigenvalue weighted by Crippen LogP contribution is 2.32. The molecule has 0 atom stereocenters. The van der Waals surface area contributed by atoms with Gasteiger partial charge in [0.1, 0.15) is 23.3 Å². The van der Waals surface area contributed by atoms with E-state index in [2.05, 4.69) is 11.8 Å². The average molecular weight is 486 g/mol. The minimum Gasteiger partial charge on any atom is -0.206 e. The molecule has 35 heavy (non-hydrogen) atoms. The molecule has 178 valence electrons. The molecule has 0 nitrogen and oxygen atoms in total. The average Bonchev–Trinajstić information content (AvgIpc) is 2.80. The zero-order valence-electron chi connectivity index (χ0n) is 18.4. The van der Waals surface area contributed by atoms with Gasteiger partial charge < -0.3 is 0 Å². The van der Waals surface area contributed by atoms with E-state index in [0.29, 0.717) is 18.1 Å². The van der Waals surface area contributed by atoms with Gasteiger partial charge in [-0.3, -0.25) is 0 Å². The summed E-state index contributed by atoms with van der Waals surface area (Å²) in [4.78, 5) is 0. The molecule has 0 aliphatic carbocycles. The Kier molecular flexibility index (Phi) is 6.83. The van der Waals surface area contributed by atoms with Gasteiger partial charge in [0.15, 0.2) is 17.5 Å². The second kappa shape index (κ2) is 9.83. The summed E-state index contributed by atoms with van der Waals surface area (Å²) in [5.41, 5.74) is 0.0207. The minimum atomic E-state index is -1.80. The van der Waals surface area contributed by atoms with Crippen LogP contribution < -0.4 is 0 Å². The first-order valence-electron chi connectivity index (χ1n) is 10.8. The van der Waals surface area contributed by atoms with Gasteiger partial charge in [0.05, 0.1) is 10.9 Å². The third-order valence-electron chi connectivity index (χ3n) is 5.56. The molecular formula is C28H17F7. The van der Waals surface area contributed by atoms with Crippen molar-refractivity contribution < 1.29 is 30.7 Å². The first-order valence-corrected chi connectivity index (χ1v) is 10.8. The molecule has 0 unspecified atom stereocenters. The molecule has 0 spiro atoms. The minimum absolute atomic E-state index is 0.0443. The molecule has 0 aromatic heterocycles. The van der Waals surface area contributed by atoms with Crippen LogP contribution in [0.5, 0.6) is 0 Å². The van der Waals surface area contributed by atoms with Crippen LogP contribution in [0.2, 0.25) is 0 Å². The summed E-state index contributed by atoms with van der Waals surface area (Å²) in [6.07, 6.45) is 2.20. The maximum atomic E-state index is 14.8. The molecule has 0 bridgehead atoms. The van der Waals surface area contributed by atoms with Gasteiger partial charge in [0.25, 0.3) is 0 Å². The largest absolute Gasteiger partial charge is 0.206 e. The SMILES string of the molecule is CCCCc1cc(F)c(C#Cc2ccc(-c3cc(F)c4c(F)c(F)c(F)cc4c3)c(F)c2)c(F)c1. The van der Waals surface area contributed by atoms with E-state index in [1.54, 1.807) is 0 Å². The number of aryl methyl sites for hydroxylation is 1. The maximum Gasteiger partial charge on any atom is 0.195 e. The van der Waals surface area contributed by atoms with Crippen molar-refractivity contribution in [1.29, 1.82) is 0 Å². The van der Waals surface area contributed by atoms with Gasteiger partial charge >= 0.3 is 0 Å². The van der Waals surface area contributed by atoms with E-state index in [4.69, 9.17) is 0 Å². The zero-order chi connectivity index (χ0) is 25.3. The molecule has 4 rings (SSSR count). The quantitative estimate of drug-likeness (QED) is 0.155. The fourth-order valence-electron chi connectivity index (χ4n) is 3.78. The fraction of sp³-hybridized carbons (Fsp3) is 0.143. The Morgan fingerprint density at radius 1 is 0.657 bits per heavy atom. The summed E-state index contributed by atoms with van der Waals surface area (Å²) in [6.45, 7) is 1.97. The number of rotatable bonds is 4. The summed E-state index contributed by atoms with van der Waals surface area (Å²) >= 11 is 0. The van der Waals surface area contributed by atoms with Crippen LogP contribution in [0.15, 0.2) is 48.5 Å². The highest BCUT2D eigenvalue weighted by molar-refractivity contribution is 5.88. The third-order valence-corrected chi connectivity index (χ3v) is 5.56. The first-order chi connectivity index (χ1) is 16.7. The molecule has 0 fully saturated rings. The van der Waals surface area contributed by atoms with Gasteiger partial charge in [0, 0.05) is 11.1 Å². The van der Waals surface area contributed by atoms with E-state index in [1.807, 2.05) is 6.92 Å². The number of unbranched alkanes of at least 4 members (excludes halogenated alkanes) is 1. The van der Waals surface area contributed by atoms with Crippen LogP contribution in [0, 0.1) is 52.6 Å². The Morgan fingerprint density at radius 2 is 1.37 bits per heavy atom. The lowest BCUT2D eigenvalue weighted by molar-refractivity contribution is 0.451. The van der Waals surface area contributed by atoms with Crippen molar-refractivity contribution in [3.05, 3.63) is 106 Å². The third kappa shape index (κ3) is 4.88. The summed E-state index contributed by atoms with van der Waals surface area (Å²) in [5, 5.41) is -1.03. The van der Waals surface area contributed by atoms with E-state index >= 15 is 0 Å². The lowest BCUT2D eigenvalue weighted by Crippen LogP contribution is -1.96. The predicted octanol–water partition coefficient (Wildman–Crippen LogP) is 8.22. The highest BCUT2D eigenvalue weighted by Gasteiger charge is 2.19. The molecule has 7 heteroatoms. The van der Waals surface area contributed by atoms with Crippen molar-refractivity contribution in [3.8, 4) is 23.0 Å². The number of benzene rings is 4. The molecule has 4 aromatic rings. The molecule has 0 radical (unpaired) electrons. The van der Waals surface area contributed by atoms with E-state index in [-0.39, 0.29) is 22.1 Å². The Hall–Kier alpha value is -3.79. The molecule has 0 aliphatic rings. The van der Waals surface area contributed by atoms with Gasteiger partial charge in [-0.05, 0) is 71.8 Å². The second-order valence-electron chi connectivity index (χ2n) is 8.03. The smallest absolute Gasteiger partial charge is 0.195 e. The Bertz CT molecular complexity index is 1490. The number of halogens is 7. The van der Waals surface area contributed by atoms with Crippen LogP contribution in [0.25, 0.3) is 21.9 Å². The molecule has 0 heterocycles. The Morgan fingerprint density at radius 3 is 2.03 bits per heavy atom. The summed E-state index contributed by atoms with van der Waals surface area (Å²) in [7, 11) is 0. The molecule has 4 aromatic carbocycles. The van der Waals surface area contributed by atoms with Crippen LogP contribution in [0.1, 0.15) is 36.5 Å². The lowest BCUT2D eigenvalue weighted by atomic mass is 9.98. The lowest BCUT2D eigenvalue weighted by Gasteiger charge is -2.09. The number of hydrogen-bond acceptors (Lipinski definition) is 0. The van der Waals surface area contributed by atoms with Gasteiger partial charge in [-0.15, -0.1) is 0 Å². The Balaban J connectivity index is 1.68. The van der Waals surface area contributed by atoms with E-state index in [0.717, 1.165) is 31.0 Å². The van der Waals surface area contributed by atoms with Gasteiger partial charge in [-0.1, -0.05) is 31.3 Å². The number of hydrogen-bond donors (Lipinski definition) is 0. The van der Waals surface area contributed by atoms with E-state index in [1.165, 1.54) is 24.3 Å². The van der Waals surface area contributed by atoms with Crippen molar-refractivity contribution in [2.45, 2.75) is 26.2 Å². The van der Waals surface area contributed by atoms with Gasteiger partial charge in [-0.2, -0.15) is 0 Å². The molecule has 0 amide bonds. The topological polar surface area (TPSA) is 0 Å². The van der Waals surface area contributed by atoms with Crippen LogP contribution in [0.4, 0.5) is 30.7 Å². The fourth-order valence-corrected chi connectivity index (χ4v) is 3.78. The second-order valence-corrected chi connectivity index (χ2v) is 8.03. The van der Waals surface area contributed by atoms with Crippen LogP contribution in [0.3, 0.4) is 0 Å². The van der Waals surface area contributed by atoms with E-state index in [9.17, 15) is 30.7 Å². The van der Waals surface area contributed by atoms with Gasteiger partial charge in [-0.25, -0.2) is 30.7 Å². The first kappa shape index (κ1) is 24.3. The zero-order valence-corrected chi connectivity index (χ0v) is 18.4. The van der Waals surface area contributed by atoms with E-state index < -0.39 is 51.7 Å². The highest BCUT2D eigenvalue weighted by atomic mass is 19.2. The Labute approximate surface area is 197 Å².